The van der Waals surface area contributed by atoms with Gasteiger partial charge in [-0.1, -0.05) is 25.0 Å². The lowest BCUT2D eigenvalue weighted by atomic mass is 10.0. The molecule has 0 N–H and O–H groups in total. The largest absolute Gasteiger partial charge is 0.497 e. The molecule has 0 atom stereocenters. The van der Waals surface area contributed by atoms with Gasteiger partial charge in [-0.2, -0.15) is 10.1 Å². The molecule has 0 saturated heterocycles. The highest BCUT2D eigenvalue weighted by atomic mass is 16.5. The predicted molar refractivity (Wildman–Crippen MR) is 78.3 cm³/mol. The predicted octanol–water partition coefficient (Wildman–Crippen LogP) is 2.78. The Morgan fingerprint density at radius 1 is 1.40 bits per heavy atom. The molecule has 4 heteroatoms. The van der Waals surface area contributed by atoms with Crippen molar-refractivity contribution in [2.24, 2.45) is 5.10 Å². The van der Waals surface area contributed by atoms with Crippen LogP contribution in [0.25, 0.3) is 0 Å². The first-order valence-corrected chi connectivity index (χ1v) is 6.78. The number of ether oxygens (including phenoxy) is 1. The van der Waals surface area contributed by atoms with Crippen LogP contribution in [0.15, 0.2) is 29.4 Å². The van der Waals surface area contributed by atoms with Crippen molar-refractivity contribution in [2.75, 3.05) is 7.11 Å². The molecule has 1 amide bonds. The summed E-state index contributed by atoms with van der Waals surface area (Å²) in [6.07, 6.45) is 2.82. The molecule has 0 fully saturated rings. The van der Waals surface area contributed by atoms with Crippen LogP contribution in [0.2, 0.25) is 0 Å². The molecular weight excluding hydrogens is 252 g/mol. The summed E-state index contributed by atoms with van der Waals surface area (Å²) >= 11 is 0. The fraction of sp³-hybridized carbons (Fsp3) is 0.375. The molecule has 0 saturated carbocycles. The van der Waals surface area contributed by atoms with Crippen molar-refractivity contribution in [1.82, 2.24) is 5.01 Å². The topological polar surface area (TPSA) is 41.9 Å². The van der Waals surface area contributed by atoms with Crippen molar-refractivity contribution in [3.63, 3.8) is 0 Å². The molecule has 0 unspecified atom stereocenters. The maximum absolute atomic E-state index is 11.8. The maximum Gasteiger partial charge on any atom is 0.255 e. The molecule has 1 aliphatic heterocycles. The van der Waals surface area contributed by atoms with Crippen LogP contribution in [0.4, 0.5) is 0 Å². The summed E-state index contributed by atoms with van der Waals surface area (Å²) in [6.45, 7) is 2.05. The molecule has 0 aromatic heterocycles. The van der Waals surface area contributed by atoms with Gasteiger partial charge in [0.2, 0.25) is 0 Å². The van der Waals surface area contributed by atoms with Crippen molar-refractivity contribution in [1.29, 1.82) is 0 Å². The number of rotatable bonds is 3. The van der Waals surface area contributed by atoms with E-state index in [0.29, 0.717) is 12.8 Å². The summed E-state index contributed by atoms with van der Waals surface area (Å²) in [6, 6.07) is 10.5. The molecular formula is C16H18N2O2. The Balaban J connectivity index is 2.25. The Morgan fingerprint density at radius 3 is 3.00 bits per heavy atom. The van der Waals surface area contributed by atoms with E-state index in [1.54, 1.807) is 7.11 Å². The molecule has 20 heavy (non-hydrogen) atoms. The smallest absolute Gasteiger partial charge is 0.255 e. The SMILES string of the molecule is CCCC#CN1N=C(c2cccc(OC)c2)CCC1=O. The number of amides is 1. The van der Waals surface area contributed by atoms with E-state index in [1.165, 1.54) is 5.01 Å². The maximum atomic E-state index is 11.8. The monoisotopic (exact) mass is 270 g/mol. The van der Waals surface area contributed by atoms with Crippen LogP contribution < -0.4 is 4.74 Å². The third-order valence-electron chi connectivity index (χ3n) is 3.00. The third kappa shape index (κ3) is 3.39. The molecule has 1 aliphatic rings. The fourth-order valence-electron chi connectivity index (χ4n) is 1.91. The molecule has 1 aromatic rings. The lowest BCUT2D eigenvalue weighted by Gasteiger charge is -2.18. The van der Waals surface area contributed by atoms with Crippen molar-refractivity contribution in [3.8, 4) is 17.7 Å². The van der Waals surface area contributed by atoms with Gasteiger partial charge in [0.1, 0.15) is 5.75 Å². The highest BCUT2D eigenvalue weighted by Crippen LogP contribution is 2.18. The normalized spacial score (nSPS) is 14.4. The second kappa shape index (κ2) is 6.76. The van der Waals surface area contributed by atoms with Crippen LogP contribution in [0.5, 0.6) is 5.75 Å². The molecule has 2 rings (SSSR count). The van der Waals surface area contributed by atoms with Gasteiger partial charge in [-0.3, -0.25) is 4.79 Å². The van der Waals surface area contributed by atoms with E-state index >= 15 is 0 Å². The van der Waals surface area contributed by atoms with Gasteiger partial charge in [0.15, 0.2) is 0 Å². The van der Waals surface area contributed by atoms with Gasteiger partial charge in [-0.25, -0.2) is 0 Å². The second-order valence-corrected chi connectivity index (χ2v) is 4.52. The minimum atomic E-state index is -0.0414. The first kappa shape index (κ1) is 14.1. The van der Waals surface area contributed by atoms with Gasteiger partial charge in [0.25, 0.3) is 5.91 Å². The first-order chi connectivity index (χ1) is 9.74. The summed E-state index contributed by atoms with van der Waals surface area (Å²) in [5.41, 5.74) is 1.84. The summed E-state index contributed by atoms with van der Waals surface area (Å²) in [5, 5.41) is 5.62. The number of hydrogen-bond donors (Lipinski definition) is 0. The van der Waals surface area contributed by atoms with Crippen LogP contribution >= 0.6 is 0 Å². The van der Waals surface area contributed by atoms with E-state index in [4.69, 9.17) is 4.74 Å². The Labute approximate surface area is 119 Å². The highest BCUT2D eigenvalue weighted by Gasteiger charge is 2.20. The summed E-state index contributed by atoms with van der Waals surface area (Å²) < 4.78 is 5.21. The third-order valence-corrected chi connectivity index (χ3v) is 3.00. The summed E-state index contributed by atoms with van der Waals surface area (Å²) in [7, 11) is 1.63. The number of benzene rings is 1. The molecule has 1 heterocycles. The van der Waals surface area contributed by atoms with Gasteiger partial charge in [-0.15, -0.1) is 0 Å². The van der Waals surface area contributed by atoms with E-state index < -0.39 is 0 Å². The zero-order chi connectivity index (χ0) is 14.4. The Kier molecular flexibility index (Phi) is 4.78. The Morgan fingerprint density at radius 2 is 2.25 bits per heavy atom. The van der Waals surface area contributed by atoms with Gasteiger partial charge < -0.3 is 4.74 Å². The van der Waals surface area contributed by atoms with Gasteiger partial charge in [-0.05, 0) is 18.6 Å². The van der Waals surface area contributed by atoms with Crippen LogP contribution in [0, 0.1) is 12.0 Å². The van der Waals surface area contributed by atoms with Gasteiger partial charge in [0, 0.05) is 30.9 Å². The number of nitrogens with zero attached hydrogens (tertiary/aromatic N) is 2. The summed E-state index contributed by atoms with van der Waals surface area (Å²) in [5.74, 6) is 3.69. The van der Waals surface area contributed by atoms with Crippen LogP contribution in [-0.4, -0.2) is 23.7 Å². The summed E-state index contributed by atoms with van der Waals surface area (Å²) in [4.78, 5) is 11.8. The van der Waals surface area contributed by atoms with E-state index in [9.17, 15) is 4.79 Å². The number of hydrogen-bond acceptors (Lipinski definition) is 3. The number of unbranched alkanes of at least 4 members (excludes halogenated alkanes) is 1. The zero-order valence-corrected chi connectivity index (χ0v) is 11.8. The Hall–Kier alpha value is -2.28. The molecule has 0 aliphatic carbocycles. The van der Waals surface area contributed by atoms with Crippen LogP contribution in [-0.2, 0) is 4.79 Å². The van der Waals surface area contributed by atoms with E-state index in [-0.39, 0.29) is 5.91 Å². The molecule has 0 spiro atoms. The zero-order valence-electron chi connectivity index (χ0n) is 11.8. The molecule has 1 aromatic carbocycles. The van der Waals surface area contributed by atoms with Crippen LogP contribution in [0.3, 0.4) is 0 Å². The standard InChI is InChI=1S/C16H18N2O2/c1-3-4-5-11-18-16(19)10-9-15(17-18)13-7-6-8-14(12-13)20-2/h6-8,12H,3-4,9-10H2,1-2H3. The molecule has 104 valence electrons. The van der Waals surface area contributed by atoms with Crippen molar-refractivity contribution >= 4 is 11.6 Å². The lowest BCUT2D eigenvalue weighted by Crippen LogP contribution is -2.28. The van der Waals surface area contributed by atoms with E-state index in [2.05, 4.69) is 24.0 Å². The average Bonchev–Trinajstić information content (AvgIpc) is 2.49. The quantitative estimate of drug-likeness (QED) is 0.792. The minimum absolute atomic E-state index is 0.0414. The van der Waals surface area contributed by atoms with E-state index in [0.717, 1.165) is 29.9 Å². The van der Waals surface area contributed by atoms with Gasteiger partial charge >= 0.3 is 0 Å². The van der Waals surface area contributed by atoms with Gasteiger partial charge in [0.05, 0.1) is 12.8 Å². The average molecular weight is 270 g/mol. The minimum Gasteiger partial charge on any atom is -0.497 e. The van der Waals surface area contributed by atoms with E-state index in [1.807, 2.05) is 24.3 Å². The van der Waals surface area contributed by atoms with Crippen LogP contribution in [0.1, 0.15) is 38.2 Å². The number of carbonyl (C=O) groups is 1. The second-order valence-electron chi connectivity index (χ2n) is 4.52. The number of hydrazone groups is 1. The first-order valence-electron chi connectivity index (χ1n) is 6.78. The molecule has 4 nitrogen and oxygen atoms in total. The van der Waals surface area contributed by atoms with Crippen molar-refractivity contribution in [2.45, 2.75) is 32.6 Å². The van der Waals surface area contributed by atoms with Crippen molar-refractivity contribution < 1.29 is 9.53 Å². The highest BCUT2D eigenvalue weighted by molar-refractivity contribution is 6.04. The van der Waals surface area contributed by atoms with Crippen molar-refractivity contribution in [3.05, 3.63) is 29.8 Å². The fourth-order valence-corrected chi connectivity index (χ4v) is 1.91. The number of methoxy groups -OCH3 is 1. The number of carbonyl (C=O) groups excluding carboxylic acids is 1. The lowest BCUT2D eigenvalue weighted by molar-refractivity contribution is -0.128. The Bertz CT molecular complexity index is 582. The molecule has 0 radical (unpaired) electrons. The molecule has 0 bridgehead atoms.